The first-order valence-corrected chi connectivity index (χ1v) is 33.9. The van der Waals surface area contributed by atoms with Gasteiger partial charge in [-0.05, 0) is 149 Å². The molecule has 0 saturated heterocycles. The number of hydrogen-bond acceptors (Lipinski definition) is 25. The summed E-state index contributed by atoms with van der Waals surface area (Å²) in [6, 6.07) is 42.4. The maximum absolute atomic E-state index is 12.6. The summed E-state index contributed by atoms with van der Waals surface area (Å²) in [5, 5.41) is 13.9. The summed E-state index contributed by atoms with van der Waals surface area (Å²) in [6.07, 6.45) is 12.9. The number of amides is 5. The molecule has 104 heavy (non-hydrogen) atoms. The topological polar surface area (TPSA) is 424 Å². The van der Waals surface area contributed by atoms with Gasteiger partial charge in [-0.2, -0.15) is 39.9 Å². The summed E-state index contributed by atoms with van der Waals surface area (Å²) < 4.78 is 25.0. The Hall–Kier alpha value is -13.2. The van der Waals surface area contributed by atoms with Gasteiger partial charge in [0.2, 0.25) is 63.4 Å². The van der Waals surface area contributed by atoms with E-state index >= 15 is 0 Å². The largest absolute Gasteiger partial charge is 0.326 e. The summed E-state index contributed by atoms with van der Waals surface area (Å²) in [5.74, 6) is 2.20. The van der Waals surface area contributed by atoms with Gasteiger partial charge in [0, 0.05) is 61.7 Å². The summed E-state index contributed by atoms with van der Waals surface area (Å²) in [5.41, 5.74) is 6.61. The van der Waals surface area contributed by atoms with Gasteiger partial charge in [-0.15, -0.1) is 0 Å². The zero-order valence-corrected chi connectivity index (χ0v) is 58.7. The van der Waals surface area contributed by atoms with Gasteiger partial charge in [0.15, 0.2) is 23.3 Å². The second-order valence-electron chi connectivity index (χ2n) is 22.5. The molecule has 0 saturated carbocycles. The smallest absolute Gasteiger partial charge is 0.233 e. The van der Waals surface area contributed by atoms with E-state index in [0.29, 0.717) is 85.9 Å². The SMILES string of the molecule is CC(=O)Nc1ccc(C(C)C(=O)Nc2nc(C)nc(-c3ccccn3)n2)cc1.Cc1nc(NC(=O)C(C)c2ccc(NS(C)(=O)=O)cc2)nc(-c2ccccn2)n1.Cc1nc(NC(=O)Cc2ccc(Cl)nc2)nc(-c2ccccn2)n1.Cc1nc(NC(=O)Cc2cccnc2)nc(-c2ccccn2)n1. The minimum atomic E-state index is -3.36. The zero-order valence-electron chi connectivity index (χ0n) is 57.2. The van der Waals surface area contributed by atoms with Gasteiger partial charge in [-0.3, -0.25) is 74.9 Å². The Labute approximate surface area is 601 Å². The molecule has 0 aliphatic rings. The molecular weight excluding hydrogens is 1370 g/mol. The van der Waals surface area contributed by atoms with Crippen LogP contribution >= 0.6 is 11.6 Å². The highest BCUT2D eigenvalue weighted by atomic mass is 35.5. The first kappa shape index (κ1) is 75.0. The van der Waals surface area contributed by atoms with E-state index in [1.54, 1.807) is 194 Å². The van der Waals surface area contributed by atoms with Crippen molar-refractivity contribution >= 4 is 86.3 Å². The van der Waals surface area contributed by atoms with Crippen molar-refractivity contribution in [1.82, 2.24) is 89.7 Å². The molecule has 33 heteroatoms. The van der Waals surface area contributed by atoms with Crippen molar-refractivity contribution in [2.45, 2.75) is 73.1 Å². The first-order chi connectivity index (χ1) is 49.9. The number of aromatic nitrogens is 18. The second-order valence-corrected chi connectivity index (χ2v) is 24.6. The van der Waals surface area contributed by atoms with Crippen LogP contribution < -0.4 is 31.3 Å². The van der Waals surface area contributed by atoms with Crippen LogP contribution in [-0.2, 0) is 46.8 Å². The van der Waals surface area contributed by atoms with E-state index in [1.165, 1.54) is 6.92 Å². The standard InChI is InChI=1S/C20H20N6O2.C19H20N6O3S.C16H13ClN6O.C16H14N6O/c1-12(15-7-9-16(10-8-15)24-14(3)27)19(28)26-20-23-13(2)22-18(25-20)17-6-4-5-11-21-17;1-12(14-7-9-15(10-8-14)25-29(3,27)28)18(26)24-19-22-13(2)21-17(23-19)16-6-4-5-11-20-16;1-10-20-15(12-4-2-3-7-18-12)23-16(21-10)22-14(24)8-11-5-6-13(17)19-9-11;1-11-19-15(13-6-2-3-8-18-13)22-16(20-11)21-14(23)9-12-5-4-7-17-10-12/h4-12H,1-3H3,(H,24,27)(H,22,23,25,26,28);4-12,25H,1-3H3,(H,21,22,23,24,26);2-7,9H,8H2,1H3,(H,20,21,22,23,24);2-8,10H,9H2,1H3,(H,19,20,21,22,23). The van der Waals surface area contributed by atoms with Gasteiger partial charge in [-0.25, -0.2) is 33.3 Å². The normalized spacial score (nSPS) is 11.2. The molecule has 0 fully saturated rings. The monoisotopic (exact) mass is 1430 g/mol. The van der Waals surface area contributed by atoms with Crippen molar-refractivity contribution in [1.29, 1.82) is 0 Å². The number of hydrogen-bond donors (Lipinski definition) is 6. The lowest BCUT2D eigenvalue weighted by Gasteiger charge is -2.13. The molecule has 5 amide bonds. The molecule has 0 radical (unpaired) electrons. The lowest BCUT2D eigenvalue weighted by Crippen LogP contribution is -2.21. The molecule has 31 nitrogen and oxygen atoms in total. The Morgan fingerprint density at radius 1 is 0.394 bits per heavy atom. The lowest BCUT2D eigenvalue weighted by atomic mass is 10.00. The van der Waals surface area contributed by atoms with Crippen LogP contribution in [0.3, 0.4) is 0 Å². The minimum Gasteiger partial charge on any atom is -0.326 e. The van der Waals surface area contributed by atoms with E-state index < -0.39 is 21.9 Å². The number of sulfonamides is 1. The molecule has 2 unspecified atom stereocenters. The van der Waals surface area contributed by atoms with Crippen LogP contribution in [0.15, 0.2) is 189 Å². The van der Waals surface area contributed by atoms with Crippen LogP contribution in [0.2, 0.25) is 5.15 Å². The highest BCUT2D eigenvalue weighted by molar-refractivity contribution is 7.92. The third kappa shape index (κ3) is 23.7. The highest BCUT2D eigenvalue weighted by Crippen LogP contribution is 2.24. The Balaban J connectivity index is 0.000000161. The number of nitrogens with zero attached hydrogens (tertiary/aromatic N) is 18. The average molecular weight is 1440 g/mol. The number of carbonyl (C=O) groups is 5. The Morgan fingerprint density at radius 2 is 0.760 bits per heavy atom. The highest BCUT2D eigenvalue weighted by Gasteiger charge is 2.21. The number of anilines is 6. The van der Waals surface area contributed by atoms with Crippen molar-refractivity contribution in [3.63, 3.8) is 0 Å². The number of aryl methyl sites for hydroxylation is 4. The fourth-order valence-electron chi connectivity index (χ4n) is 9.16. The third-order valence-electron chi connectivity index (χ3n) is 14.0. The fraction of sp³-hybridized carbons (Fsp3) is 0.169. The van der Waals surface area contributed by atoms with Crippen LogP contribution in [0.25, 0.3) is 46.1 Å². The Kier molecular flexibility index (Phi) is 26.1. The molecule has 2 atom stereocenters. The van der Waals surface area contributed by atoms with Crippen LogP contribution in [0.1, 0.15) is 78.2 Å². The number of carbonyl (C=O) groups excluding carboxylic acids is 5. The molecule has 0 spiro atoms. The van der Waals surface area contributed by atoms with E-state index in [-0.39, 0.29) is 66.2 Å². The van der Waals surface area contributed by atoms with Crippen LogP contribution in [-0.4, -0.2) is 134 Å². The van der Waals surface area contributed by atoms with Gasteiger partial charge in [0.1, 0.15) is 51.2 Å². The van der Waals surface area contributed by atoms with Crippen LogP contribution in [0.5, 0.6) is 0 Å². The summed E-state index contributed by atoms with van der Waals surface area (Å²) >= 11 is 5.73. The van der Waals surface area contributed by atoms with Gasteiger partial charge >= 0.3 is 0 Å². The van der Waals surface area contributed by atoms with Crippen LogP contribution in [0, 0.1) is 27.7 Å². The molecule has 526 valence electrons. The number of halogens is 1. The molecule has 0 aliphatic carbocycles. The van der Waals surface area contributed by atoms with E-state index in [9.17, 15) is 32.4 Å². The maximum Gasteiger partial charge on any atom is 0.233 e. The molecule has 12 aromatic rings. The number of pyridine rings is 6. The second kappa shape index (κ2) is 36.2. The van der Waals surface area contributed by atoms with E-state index in [0.717, 1.165) is 28.5 Å². The molecule has 10 aromatic heterocycles. The predicted molar refractivity (Wildman–Crippen MR) is 389 cm³/mol. The first-order valence-electron chi connectivity index (χ1n) is 31.7. The Bertz CT molecular complexity index is 5040. The average Bonchev–Trinajstić information content (AvgIpc) is 0.857. The Morgan fingerprint density at radius 3 is 1.08 bits per heavy atom. The number of benzene rings is 2. The molecule has 6 N–H and O–H groups in total. The third-order valence-corrected chi connectivity index (χ3v) is 14.8. The predicted octanol–water partition coefficient (Wildman–Crippen LogP) is 9.59. The molecular formula is C71H67ClN24O7S. The van der Waals surface area contributed by atoms with Gasteiger partial charge in [0.05, 0.1) is 30.9 Å². The van der Waals surface area contributed by atoms with Crippen LogP contribution in [0.4, 0.5) is 35.2 Å². The molecule has 0 bridgehead atoms. The van der Waals surface area contributed by atoms with Gasteiger partial charge in [-0.1, -0.05) is 72.3 Å². The van der Waals surface area contributed by atoms with Gasteiger partial charge < -0.3 is 5.32 Å². The summed E-state index contributed by atoms with van der Waals surface area (Å²) in [4.78, 5) is 136. The van der Waals surface area contributed by atoms with E-state index in [1.807, 2.05) is 36.4 Å². The molecule has 0 aliphatic heterocycles. The quantitative estimate of drug-likeness (QED) is 0.0410. The fourth-order valence-corrected chi connectivity index (χ4v) is 9.84. The van der Waals surface area contributed by atoms with Crippen molar-refractivity contribution < 1.29 is 32.4 Å². The molecule has 10 heterocycles. The molecule has 2 aromatic carbocycles. The number of nitrogens with one attached hydrogen (secondary N) is 6. The maximum atomic E-state index is 12.6. The van der Waals surface area contributed by atoms with E-state index in [4.69, 9.17) is 11.6 Å². The zero-order chi connectivity index (χ0) is 74.1. The van der Waals surface area contributed by atoms with E-state index in [2.05, 4.69) is 121 Å². The lowest BCUT2D eigenvalue weighted by molar-refractivity contribution is -0.118. The van der Waals surface area contributed by atoms with Gasteiger partial charge in [0.25, 0.3) is 0 Å². The van der Waals surface area contributed by atoms with Crippen molar-refractivity contribution in [3.8, 4) is 46.1 Å². The molecule has 12 rings (SSSR count). The van der Waals surface area contributed by atoms with Crippen molar-refractivity contribution in [3.05, 3.63) is 240 Å². The van der Waals surface area contributed by atoms with Crippen molar-refractivity contribution in [2.24, 2.45) is 0 Å². The number of rotatable bonds is 19. The summed E-state index contributed by atoms with van der Waals surface area (Å²) in [6.45, 7) is 11.9. The van der Waals surface area contributed by atoms with Crippen molar-refractivity contribution in [2.75, 3.05) is 37.6 Å². The minimum absolute atomic E-state index is 0.144. The summed E-state index contributed by atoms with van der Waals surface area (Å²) in [7, 11) is -3.36.